The quantitative estimate of drug-likeness (QED) is 0.506. The number of nitrogens with one attached hydrogen (secondary N) is 1. The Balaban J connectivity index is 2.18. The molecule has 0 saturated carbocycles. The van der Waals surface area contributed by atoms with Gasteiger partial charge in [-0.1, -0.05) is 0 Å². The molecule has 2 rings (SSSR count). The van der Waals surface area contributed by atoms with E-state index in [0.717, 1.165) is 6.07 Å². The van der Waals surface area contributed by atoms with Crippen LogP contribution < -0.4 is 16.0 Å². The van der Waals surface area contributed by atoms with Gasteiger partial charge in [0.1, 0.15) is 12.4 Å². The number of rotatable bonds is 4. The van der Waals surface area contributed by atoms with Crippen LogP contribution in [-0.4, -0.2) is 5.91 Å². The Labute approximate surface area is 120 Å². The molecular formula is C12H9BrF2N2O3. The van der Waals surface area contributed by atoms with Gasteiger partial charge in [0.15, 0.2) is 17.3 Å². The Kier molecular flexibility index (Phi) is 4.35. The summed E-state index contributed by atoms with van der Waals surface area (Å²) < 4.78 is 36.8. The highest BCUT2D eigenvalue weighted by Gasteiger charge is 2.17. The molecule has 8 heteroatoms. The Hall–Kier alpha value is -1.93. The third-order valence-electron chi connectivity index (χ3n) is 2.42. The molecule has 0 aliphatic rings. The molecule has 1 aromatic carbocycles. The number of amides is 1. The van der Waals surface area contributed by atoms with Crippen LogP contribution in [0.2, 0.25) is 0 Å². The van der Waals surface area contributed by atoms with E-state index in [1.165, 1.54) is 12.3 Å². The van der Waals surface area contributed by atoms with Crippen molar-refractivity contribution in [1.29, 1.82) is 0 Å². The van der Waals surface area contributed by atoms with Crippen molar-refractivity contribution in [2.45, 2.75) is 6.61 Å². The van der Waals surface area contributed by atoms with Gasteiger partial charge in [-0.25, -0.2) is 14.6 Å². The second-order valence-electron chi connectivity index (χ2n) is 3.74. The number of hydrogen-bond acceptors (Lipinski definition) is 4. The van der Waals surface area contributed by atoms with Crippen LogP contribution in [0.5, 0.6) is 5.75 Å². The summed E-state index contributed by atoms with van der Waals surface area (Å²) in [5, 5.41) is 0. The van der Waals surface area contributed by atoms with E-state index in [0.29, 0.717) is 11.6 Å². The fourth-order valence-corrected chi connectivity index (χ4v) is 2.05. The second kappa shape index (κ2) is 6.02. The zero-order valence-electron chi connectivity index (χ0n) is 9.95. The number of furan rings is 1. The van der Waals surface area contributed by atoms with Gasteiger partial charge in [-0.05, 0) is 28.1 Å². The SMILES string of the molecule is NNC(=O)c1occc1COc1c(F)cc(F)cc1Br. The molecule has 0 saturated heterocycles. The van der Waals surface area contributed by atoms with Gasteiger partial charge in [0.05, 0.1) is 10.7 Å². The minimum Gasteiger partial charge on any atom is -0.484 e. The van der Waals surface area contributed by atoms with Crippen LogP contribution in [-0.2, 0) is 6.61 Å². The van der Waals surface area contributed by atoms with Crippen molar-refractivity contribution in [2.24, 2.45) is 5.84 Å². The van der Waals surface area contributed by atoms with Crippen molar-refractivity contribution in [3.63, 3.8) is 0 Å². The van der Waals surface area contributed by atoms with Gasteiger partial charge < -0.3 is 9.15 Å². The molecule has 1 aromatic heterocycles. The molecule has 5 nitrogen and oxygen atoms in total. The lowest BCUT2D eigenvalue weighted by molar-refractivity contribution is 0.0922. The van der Waals surface area contributed by atoms with Crippen molar-refractivity contribution in [3.8, 4) is 5.75 Å². The number of benzene rings is 1. The largest absolute Gasteiger partial charge is 0.484 e. The lowest BCUT2D eigenvalue weighted by atomic mass is 10.2. The summed E-state index contributed by atoms with van der Waals surface area (Å²) in [6, 6.07) is 3.25. The fraction of sp³-hybridized carbons (Fsp3) is 0.0833. The molecule has 0 fully saturated rings. The monoisotopic (exact) mass is 346 g/mol. The van der Waals surface area contributed by atoms with Gasteiger partial charge in [-0.3, -0.25) is 10.2 Å². The van der Waals surface area contributed by atoms with Crippen LogP contribution in [0.15, 0.2) is 33.4 Å². The summed E-state index contributed by atoms with van der Waals surface area (Å²) in [4.78, 5) is 11.4. The first-order valence-electron chi connectivity index (χ1n) is 5.37. The van der Waals surface area contributed by atoms with Gasteiger partial charge in [0, 0.05) is 11.6 Å². The van der Waals surface area contributed by atoms with Crippen LogP contribution in [0.25, 0.3) is 0 Å². The Morgan fingerprint density at radius 2 is 2.20 bits per heavy atom. The molecule has 2 aromatic rings. The van der Waals surface area contributed by atoms with E-state index < -0.39 is 17.5 Å². The molecule has 0 unspecified atom stereocenters. The van der Waals surface area contributed by atoms with Gasteiger partial charge in [0.2, 0.25) is 0 Å². The Bertz CT molecular complexity index is 622. The smallest absolute Gasteiger partial charge is 0.301 e. The summed E-state index contributed by atoms with van der Waals surface area (Å²) in [5.41, 5.74) is 2.29. The summed E-state index contributed by atoms with van der Waals surface area (Å²) >= 11 is 3.00. The normalized spacial score (nSPS) is 10.4. The molecule has 1 amide bonds. The van der Waals surface area contributed by atoms with Gasteiger partial charge in [-0.15, -0.1) is 0 Å². The van der Waals surface area contributed by atoms with E-state index in [4.69, 9.17) is 15.0 Å². The Morgan fingerprint density at radius 1 is 1.45 bits per heavy atom. The number of ether oxygens (including phenoxy) is 1. The molecule has 0 spiro atoms. The number of nitrogen functional groups attached to an aromatic ring is 1. The minimum atomic E-state index is -0.856. The van der Waals surface area contributed by atoms with Gasteiger partial charge in [0.25, 0.3) is 0 Å². The number of nitrogens with two attached hydrogens (primary N) is 1. The molecule has 0 bridgehead atoms. The predicted octanol–water partition coefficient (Wildman–Crippen LogP) is 2.50. The van der Waals surface area contributed by atoms with Crippen LogP contribution in [0.1, 0.15) is 16.1 Å². The van der Waals surface area contributed by atoms with Crippen molar-refractivity contribution < 1.29 is 22.7 Å². The van der Waals surface area contributed by atoms with Gasteiger partial charge >= 0.3 is 5.91 Å². The molecule has 0 atom stereocenters. The lowest BCUT2D eigenvalue weighted by Gasteiger charge is -2.09. The fourth-order valence-electron chi connectivity index (χ4n) is 1.53. The van der Waals surface area contributed by atoms with Crippen LogP contribution in [0, 0.1) is 11.6 Å². The molecule has 1 heterocycles. The van der Waals surface area contributed by atoms with Crippen LogP contribution in [0.3, 0.4) is 0 Å². The summed E-state index contributed by atoms with van der Waals surface area (Å²) in [6.45, 7) is -0.138. The predicted molar refractivity (Wildman–Crippen MR) is 68.8 cm³/mol. The van der Waals surface area contributed by atoms with Crippen molar-refractivity contribution >= 4 is 21.8 Å². The molecule has 0 aliphatic heterocycles. The first-order chi connectivity index (χ1) is 9.52. The third-order valence-corrected chi connectivity index (χ3v) is 3.01. The highest BCUT2D eigenvalue weighted by Crippen LogP contribution is 2.30. The van der Waals surface area contributed by atoms with E-state index in [2.05, 4.69) is 15.9 Å². The zero-order valence-corrected chi connectivity index (χ0v) is 11.5. The minimum absolute atomic E-state index is 0.0360. The summed E-state index contributed by atoms with van der Waals surface area (Å²) in [7, 11) is 0. The van der Waals surface area contributed by atoms with E-state index in [9.17, 15) is 13.6 Å². The highest BCUT2D eigenvalue weighted by atomic mass is 79.9. The number of halogens is 3. The maximum atomic E-state index is 13.5. The lowest BCUT2D eigenvalue weighted by Crippen LogP contribution is -2.30. The topological polar surface area (TPSA) is 77.5 Å². The number of carbonyl (C=O) groups excluding carboxylic acids is 1. The molecule has 0 radical (unpaired) electrons. The van der Waals surface area contributed by atoms with Crippen molar-refractivity contribution in [1.82, 2.24) is 5.43 Å². The number of hydrogen-bond donors (Lipinski definition) is 2. The van der Waals surface area contributed by atoms with Crippen molar-refractivity contribution in [3.05, 3.63) is 51.9 Å². The standard InChI is InChI=1S/C12H9BrF2N2O3/c13-8-3-7(14)4-9(15)11(8)20-5-6-1-2-19-10(6)12(18)17-16/h1-4H,5,16H2,(H,17,18). The number of hydrazine groups is 1. The molecule has 20 heavy (non-hydrogen) atoms. The van der Waals surface area contributed by atoms with E-state index in [1.807, 2.05) is 5.43 Å². The highest BCUT2D eigenvalue weighted by molar-refractivity contribution is 9.10. The molecule has 3 N–H and O–H groups in total. The third kappa shape index (κ3) is 2.97. The average molecular weight is 347 g/mol. The first kappa shape index (κ1) is 14.5. The maximum Gasteiger partial charge on any atom is 0.301 e. The van der Waals surface area contributed by atoms with E-state index in [-0.39, 0.29) is 22.6 Å². The molecule has 106 valence electrons. The van der Waals surface area contributed by atoms with E-state index in [1.54, 1.807) is 0 Å². The summed E-state index contributed by atoms with van der Waals surface area (Å²) in [6.07, 6.45) is 1.28. The second-order valence-corrected chi connectivity index (χ2v) is 4.59. The van der Waals surface area contributed by atoms with Crippen molar-refractivity contribution in [2.75, 3.05) is 0 Å². The number of carbonyl (C=O) groups is 1. The van der Waals surface area contributed by atoms with Crippen LogP contribution >= 0.6 is 15.9 Å². The summed E-state index contributed by atoms with van der Waals surface area (Å²) in [5.74, 6) is 2.58. The average Bonchev–Trinajstić information content (AvgIpc) is 2.85. The molecular weight excluding hydrogens is 338 g/mol. The van der Waals surface area contributed by atoms with E-state index >= 15 is 0 Å². The van der Waals surface area contributed by atoms with Gasteiger partial charge in [-0.2, -0.15) is 0 Å². The van der Waals surface area contributed by atoms with Crippen LogP contribution in [0.4, 0.5) is 8.78 Å². The first-order valence-corrected chi connectivity index (χ1v) is 6.17. The maximum absolute atomic E-state index is 13.5. The molecule has 0 aliphatic carbocycles. The zero-order chi connectivity index (χ0) is 14.7. The Morgan fingerprint density at radius 3 is 2.85 bits per heavy atom.